The SMILES string of the molecule is CSCOc1ccc2c(c1)CN(C(=O)OC(C)(C)C)CCC2. The Morgan fingerprint density at radius 1 is 1.32 bits per heavy atom. The summed E-state index contributed by atoms with van der Waals surface area (Å²) in [5.74, 6) is 1.49. The molecule has 1 aromatic carbocycles. The van der Waals surface area contributed by atoms with E-state index in [9.17, 15) is 4.79 Å². The highest BCUT2D eigenvalue weighted by Gasteiger charge is 2.24. The summed E-state index contributed by atoms with van der Waals surface area (Å²) in [6.45, 7) is 6.99. The monoisotopic (exact) mass is 323 g/mol. The van der Waals surface area contributed by atoms with E-state index in [2.05, 4.69) is 6.07 Å². The number of fused-ring (bicyclic) bond motifs is 1. The molecule has 4 nitrogen and oxygen atoms in total. The average molecular weight is 323 g/mol. The van der Waals surface area contributed by atoms with Crippen molar-refractivity contribution in [2.24, 2.45) is 0 Å². The lowest BCUT2D eigenvalue weighted by molar-refractivity contribution is 0.0236. The van der Waals surface area contributed by atoms with E-state index in [-0.39, 0.29) is 6.09 Å². The van der Waals surface area contributed by atoms with Crippen molar-refractivity contribution in [1.82, 2.24) is 4.90 Å². The third-order valence-electron chi connectivity index (χ3n) is 3.41. The number of aryl methyl sites for hydroxylation is 1. The van der Waals surface area contributed by atoms with Crippen LogP contribution in [0.25, 0.3) is 0 Å². The summed E-state index contributed by atoms with van der Waals surface area (Å²) in [7, 11) is 0. The van der Waals surface area contributed by atoms with E-state index in [1.165, 1.54) is 5.56 Å². The van der Waals surface area contributed by atoms with Crippen LogP contribution in [0.15, 0.2) is 18.2 Å². The van der Waals surface area contributed by atoms with Crippen LogP contribution < -0.4 is 4.74 Å². The van der Waals surface area contributed by atoms with Crippen molar-refractivity contribution >= 4 is 17.9 Å². The molecule has 1 heterocycles. The summed E-state index contributed by atoms with van der Waals surface area (Å²) in [4.78, 5) is 14.1. The average Bonchev–Trinajstić information content (AvgIpc) is 2.65. The van der Waals surface area contributed by atoms with Crippen molar-refractivity contribution in [3.63, 3.8) is 0 Å². The number of carbonyl (C=O) groups excluding carboxylic acids is 1. The minimum absolute atomic E-state index is 0.240. The molecule has 0 saturated carbocycles. The molecule has 1 aromatic rings. The van der Waals surface area contributed by atoms with Crippen LogP contribution in [0.4, 0.5) is 4.79 Å². The Labute approximate surface area is 137 Å². The summed E-state index contributed by atoms with van der Waals surface area (Å²) in [6, 6.07) is 6.18. The first-order valence-electron chi connectivity index (χ1n) is 7.60. The van der Waals surface area contributed by atoms with Gasteiger partial charge in [0.05, 0.1) is 0 Å². The summed E-state index contributed by atoms with van der Waals surface area (Å²) in [6.07, 6.45) is 3.71. The number of amides is 1. The smallest absolute Gasteiger partial charge is 0.410 e. The summed E-state index contributed by atoms with van der Waals surface area (Å²) in [5.41, 5.74) is 1.99. The molecule has 0 unspecified atom stereocenters. The van der Waals surface area contributed by atoms with Crippen LogP contribution in [0.5, 0.6) is 5.75 Å². The maximum absolute atomic E-state index is 12.3. The Hall–Kier alpha value is -1.36. The molecule has 0 N–H and O–H groups in total. The number of rotatable bonds is 3. The Kier molecular flexibility index (Phi) is 5.62. The zero-order valence-corrected chi connectivity index (χ0v) is 14.7. The van der Waals surface area contributed by atoms with E-state index < -0.39 is 5.60 Å². The standard InChI is InChI=1S/C17H25NO3S/c1-17(2,3)21-16(19)18-9-5-6-13-7-8-15(20-12-22-4)10-14(13)11-18/h7-8,10H,5-6,9,11-12H2,1-4H3. The molecular weight excluding hydrogens is 298 g/mol. The number of hydrogen-bond donors (Lipinski definition) is 0. The maximum atomic E-state index is 12.3. The van der Waals surface area contributed by atoms with Crippen molar-refractivity contribution in [3.05, 3.63) is 29.3 Å². The molecule has 1 aliphatic rings. The number of thioether (sulfide) groups is 1. The van der Waals surface area contributed by atoms with Crippen molar-refractivity contribution < 1.29 is 14.3 Å². The van der Waals surface area contributed by atoms with Gasteiger partial charge in [0.1, 0.15) is 17.3 Å². The second kappa shape index (κ2) is 7.27. The van der Waals surface area contributed by atoms with Crippen LogP contribution in [0.2, 0.25) is 0 Å². The summed E-state index contributed by atoms with van der Waals surface area (Å²) in [5, 5.41) is 0. The second-order valence-corrected chi connectivity index (χ2v) is 7.30. The Bertz CT molecular complexity index is 525. The molecule has 0 saturated heterocycles. The normalized spacial score (nSPS) is 15.0. The maximum Gasteiger partial charge on any atom is 0.410 e. The van der Waals surface area contributed by atoms with E-state index in [0.29, 0.717) is 12.5 Å². The molecule has 1 amide bonds. The van der Waals surface area contributed by atoms with Crippen LogP contribution in [0.1, 0.15) is 38.3 Å². The van der Waals surface area contributed by atoms with Crippen molar-refractivity contribution in [3.8, 4) is 5.75 Å². The molecule has 0 radical (unpaired) electrons. The van der Waals surface area contributed by atoms with Gasteiger partial charge in [-0.05, 0) is 63.1 Å². The minimum Gasteiger partial charge on any atom is -0.483 e. The van der Waals surface area contributed by atoms with Crippen LogP contribution in [-0.2, 0) is 17.7 Å². The Balaban J connectivity index is 2.12. The van der Waals surface area contributed by atoms with E-state index in [1.807, 2.05) is 39.2 Å². The van der Waals surface area contributed by atoms with Crippen LogP contribution in [0, 0.1) is 0 Å². The molecular formula is C17H25NO3S. The van der Waals surface area contributed by atoms with Gasteiger partial charge in [0.25, 0.3) is 0 Å². The lowest BCUT2D eigenvalue weighted by Crippen LogP contribution is -2.36. The number of benzene rings is 1. The van der Waals surface area contributed by atoms with E-state index >= 15 is 0 Å². The third kappa shape index (κ3) is 4.83. The predicted octanol–water partition coefficient (Wildman–Crippen LogP) is 4.07. The molecule has 0 spiro atoms. The van der Waals surface area contributed by atoms with Gasteiger partial charge in [-0.25, -0.2) is 4.79 Å². The van der Waals surface area contributed by atoms with Gasteiger partial charge in [-0.1, -0.05) is 6.07 Å². The van der Waals surface area contributed by atoms with Crippen LogP contribution in [0.3, 0.4) is 0 Å². The zero-order chi connectivity index (χ0) is 16.2. The molecule has 0 aromatic heterocycles. The molecule has 122 valence electrons. The number of hydrogen-bond acceptors (Lipinski definition) is 4. The fourth-order valence-corrected chi connectivity index (χ4v) is 2.69. The van der Waals surface area contributed by atoms with Crippen molar-refractivity contribution in [1.29, 1.82) is 0 Å². The van der Waals surface area contributed by atoms with Crippen molar-refractivity contribution in [2.75, 3.05) is 18.7 Å². The lowest BCUT2D eigenvalue weighted by Gasteiger charge is -2.26. The molecule has 0 bridgehead atoms. The molecule has 0 fully saturated rings. The largest absolute Gasteiger partial charge is 0.483 e. The molecule has 2 rings (SSSR count). The van der Waals surface area contributed by atoms with Gasteiger partial charge in [-0.2, -0.15) is 0 Å². The topological polar surface area (TPSA) is 38.8 Å². The predicted molar refractivity (Wildman–Crippen MR) is 90.4 cm³/mol. The molecule has 0 atom stereocenters. The van der Waals surface area contributed by atoms with E-state index in [4.69, 9.17) is 9.47 Å². The van der Waals surface area contributed by atoms with Gasteiger partial charge in [-0.15, -0.1) is 11.8 Å². The second-order valence-electron chi connectivity index (χ2n) is 6.49. The Morgan fingerprint density at radius 3 is 2.77 bits per heavy atom. The van der Waals surface area contributed by atoms with Gasteiger partial charge in [-0.3, -0.25) is 0 Å². The lowest BCUT2D eigenvalue weighted by atomic mass is 10.0. The number of ether oxygens (including phenoxy) is 2. The Morgan fingerprint density at radius 2 is 2.09 bits per heavy atom. The van der Waals surface area contributed by atoms with Gasteiger partial charge < -0.3 is 14.4 Å². The highest BCUT2D eigenvalue weighted by Crippen LogP contribution is 2.25. The number of carbonyl (C=O) groups is 1. The number of nitrogens with zero attached hydrogens (tertiary/aromatic N) is 1. The van der Waals surface area contributed by atoms with E-state index in [0.717, 1.165) is 30.7 Å². The first kappa shape index (κ1) is 17.0. The van der Waals surface area contributed by atoms with Gasteiger partial charge in [0.15, 0.2) is 0 Å². The molecule has 0 aliphatic carbocycles. The first-order chi connectivity index (χ1) is 10.4. The fourth-order valence-electron chi connectivity index (χ4n) is 2.44. The van der Waals surface area contributed by atoms with Gasteiger partial charge in [0.2, 0.25) is 0 Å². The van der Waals surface area contributed by atoms with Crippen LogP contribution >= 0.6 is 11.8 Å². The zero-order valence-electron chi connectivity index (χ0n) is 13.8. The quantitative estimate of drug-likeness (QED) is 0.786. The molecule has 1 aliphatic heterocycles. The third-order valence-corrected chi connectivity index (χ3v) is 3.76. The summed E-state index contributed by atoms with van der Waals surface area (Å²) < 4.78 is 11.2. The molecule has 5 heteroatoms. The summed E-state index contributed by atoms with van der Waals surface area (Å²) >= 11 is 1.64. The minimum atomic E-state index is -0.463. The fraction of sp³-hybridized carbons (Fsp3) is 0.588. The van der Waals surface area contributed by atoms with Gasteiger partial charge >= 0.3 is 6.09 Å². The highest BCUT2D eigenvalue weighted by molar-refractivity contribution is 7.98. The van der Waals surface area contributed by atoms with E-state index in [1.54, 1.807) is 16.7 Å². The van der Waals surface area contributed by atoms with Crippen LogP contribution in [-0.4, -0.2) is 35.3 Å². The highest BCUT2D eigenvalue weighted by atomic mass is 32.2. The first-order valence-corrected chi connectivity index (χ1v) is 9.00. The molecule has 22 heavy (non-hydrogen) atoms. The van der Waals surface area contributed by atoms with Crippen molar-refractivity contribution in [2.45, 2.75) is 45.8 Å². The van der Waals surface area contributed by atoms with Gasteiger partial charge in [0, 0.05) is 13.1 Å².